The molecule has 186 valence electrons. The molecule has 2 heterocycles. The lowest BCUT2D eigenvalue weighted by Gasteiger charge is -2.21. The molecule has 1 unspecified atom stereocenters. The van der Waals surface area contributed by atoms with E-state index in [0.29, 0.717) is 6.07 Å². The first kappa shape index (κ1) is 26.2. The zero-order valence-electron chi connectivity index (χ0n) is 17.9. The van der Waals surface area contributed by atoms with Gasteiger partial charge in [-0.1, -0.05) is 6.07 Å². The number of aromatic nitrogens is 3. The predicted molar refractivity (Wildman–Crippen MR) is 112 cm³/mol. The van der Waals surface area contributed by atoms with Crippen LogP contribution in [0, 0.1) is 18.6 Å². The number of benzene rings is 1. The molecule has 3 aromatic rings. The smallest absolute Gasteiger partial charge is 0.467 e. The fraction of sp³-hybridized carbons (Fsp3) is 0.238. The van der Waals surface area contributed by atoms with Crippen LogP contribution in [-0.2, 0) is 16.1 Å². The van der Waals surface area contributed by atoms with Crippen molar-refractivity contribution in [3.05, 3.63) is 85.5 Å². The van der Waals surface area contributed by atoms with Gasteiger partial charge in [-0.15, -0.1) is 4.73 Å². The Bertz CT molecular complexity index is 1320. The minimum Gasteiger partial charge on any atom is -0.467 e. The molecule has 0 aliphatic carbocycles. The van der Waals surface area contributed by atoms with Gasteiger partial charge in [-0.25, -0.2) is 18.6 Å². The number of methoxy groups -OCH3 is 1. The monoisotopic (exact) mass is 563 g/mol. The third kappa shape index (κ3) is 6.00. The maximum Gasteiger partial charge on any atom is 0.493 e. The van der Waals surface area contributed by atoms with Gasteiger partial charge in [0.05, 0.1) is 29.6 Å². The average Bonchev–Trinajstić information content (AvgIpc) is 2.80. The summed E-state index contributed by atoms with van der Waals surface area (Å²) in [4.78, 5) is 36.2. The Morgan fingerprint density at radius 1 is 1.20 bits per heavy atom. The summed E-state index contributed by atoms with van der Waals surface area (Å²) in [5, 5.41) is 0. The molecule has 0 aliphatic heterocycles. The van der Waals surface area contributed by atoms with Crippen LogP contribution in [0.5, 0.6) is 6.01 Å². The minimum absolute atomic E-state index is 0.0160. The Morgan fingerprint density at radius 2 is 1.91 bits per heavy atom. The summed E-state index contributed by atoms with van der Waals surface area (Å²) in [7, 11) is 1.30. The van der Waals surface area contributed by atoms with Crippen molar-refractivity contribution in [3.63, 3.8) is 0 Å². The molecule has 0 saturated carbocycles. The number of pyridine rings is 1. The Kier molecular flexibility index (Phi) is 7.85. The number of alkyl halides is 3. The maximum atomic E-state index is 14.1. The van der Waals surface area contributed by atoms with Crippen molar-refractivity contribution in [1.29, 1.82) is 0 Å². The molecule has 35 heavy (non-hydrogen) atoms. The van der Waals surface area contributed by atoms with E-state index < -0.39 is 42.1 Å². The van der Waals surface area contributed by atoms with Crippen molar-refractivity contribution in [2.75, 3.05) is 7.11 Å². The molecule has 0 fully saturated rings. The topological polar surface area (TPSA) is 92.5 Å². The minimum atomic E-state index is -5.33. The SMILES string of the molecule is COc1nccc(C(OCc2ccc(F)cc2F)c2cc(C)n(OC(=O)C(F)(F)F)c(=O)c2Br)n1. The van der Waals surface area contributed by atoms with E-state index >= 15 is 0 Å². The molecule has 3 rings (SSSR count). The van der Waals surface area contributed by atoms with E-state index in [-0.39, 0.29) is 37.7 Å². The lowest BCUT2D eigenvalue weighted by atomic mass is 10.1. The van der Waals surface area contributed by atoms with Gasteiger partial charge in [-0.3, -0.25) is 4.79 Å². The Labute approximate surface area is 202 Å². The van der Waals surface area contributed by atoms with Crippen LogP contribution < -0.4 is 15.1 Å². The van der Waals surface area contributed by atoms with Crippen LogP contribution in [0.1, 0.15) is 28.6 Å². The number of halogens is 6. The van der Waals surface area contributed by atoms with Crippen LogP contribution in [0.25, 0.3) is 0 Å². The standard InChI is InChI=1S/C21H15BrF5N3O5/c1-10-7-13(16(22)18(31)30(10)35-19(32)21(25,26)27)17(15-5-6-28-20(29-15)33-2)34-9-11-3-4-12(23)8-14(11)24/h3-8,17H,9H2,1-2H3. The molecule has 0 aliphatic rings. The first-order chi connectivity index (χ1) is 16.4. The Morgan fingerprint density at radius 3 is 2.54 bits per heavy atom. The van der Waals surface area contributed by atoms with Crippen molar-refractivity contribution >= 4 is 21.9 Å². The quantitative estimate of drug-likeness (QED) is 0.403. The lowest BCUT2D eigenvalue weighted by molar-refractivity contribution is -0.200. The Balaban J connectivity index is 2.07. The van der Waals surface area contributed by atoms with Gasteiger partial charge in [0.15, 0.2) is 0 Å². The second kappa shape index (κ2) is 10.5. The summed E-state index contributed by atoms with van der Waals surface area (Å²) in [6.07, 6.45) is -5.22. The molecule has 0 bridgehead atoms. The first-order valence-corrected chi connectivity index (χ1v) is 10.4. The van der Waals surface area contributed by atoms with Crippen LogP contribution in [0.15, 0.2) is 45.8 Å². The summed E-state index contributed by atoms with van der Waals surface area (Å²) in [5.41, 5.74) is -1.13. The zero-order chi connectivity index (χ0) is 25.9. The number of nitrogens with zero attached hydrogens (tertiary/aromatic N) is 3. The number of hydrogen-bond donors (Lipinski definition) is 0. The van der Waals surface area contributed by atoms with Gasteiger partial charge < -0.3 is 14.3 Å². The van der Waals surface area contributed by atoms with Crippen molar-refractivity contribution in [2.45, 2.75) is 25.8 Å². The fourth-order valence-corrected chi connectivity index (χ4v) is 3.39. The van der Waals surface area contributed by atoms with Crippen molar-refractivity contribution in [2.24, 2.45) is 0 Å². The largest absolute Gasteiger partial charge is 0.493 e. The molecular weight excluding hydrogens is 549 g/mol. The van der Waals surface area contributed by atoms with E-state index in [1.54, 1.807) is 0 Å². The fourth-order valence-electron chi connectivity index (χ4n) is 2.90. The number of carbonyl (C=O) groups excluding carboxylic acids is 1. The Hall–Kier alpha value is -3.39. The van der Waals surface area contributed by atoms with Gasteiger partial charge in [0.2, 0.25) is 0 Å². The number of carbonyl (C=O) groups is 1. The molecule has 14 heteroatoms. The highest BCUT2D eigenvalue weighted by molar-refractivity contribution is 9.10. The summed E-state index contributed by atoms with van der Waals surface area (Å²) < 4.78 is 75.9. The summed E-state index contributed by atoms with van der Waals surface area (Å²) in [5.74, 6) is -4.27. The second-order valence-corrected chi connectivity index (χ2v) is 7.72. The van der Waals surface area contributed by atoms with Crippen LogP contribution >= 0.6 is 15.9 Å². The number of aryl methyl sites for hydroxylation is 1. The van der Waals surface area contributed by atoms with Crippen molar-refractivity contribution in [1.82, 2.24) is 14.7 Å². The highest BCUT2D eigenvalue weighted by Crippen LogP contribution is 2.31. The van der Waals surface area contributed by atoms with E-state index in [9.17, 15) is 31.5 Å². The van der Waals surface area contributed by atoms with Crippen molar-refractivity contribution < 1.29 is 41.1 Å². The van der Waals surface area contributed by atoms with E-state index in [1.165, 1.54) is 32.4 Å². The third-order valence-corrected chi connectivity index (χ3v) is 5.32. The molecule has 0 amide bonds. The summed E-state index contributed by atoms with van der Waals surface area (Å²) >= 11 is 3.01. The highest BCUT2D eigenvalue weighted by Gasteiger charge is 2.42. The van der Waals surface area contributed by atoms with Crippen LogP contribution in [0.3, 0.4) is 0 Å². The molecular formula is C21H15BrF5N3O5. The normalized spacial score (nSPS) is 12.3. The van der Waals surface area contributed by atoms with Gasteiger partial charge >= 0.3 is 18.2 Å². The third-order valence-electron chi connectivity index (χ3n) is 4.53. The van der Waals surface area contributed by atoms with E-state index in [1.807, 2.05) is 0 Å². The number of rotatable bonds is 7. The molecule has 0 N–H and O–H groups in total. The summed E-state index contributed by atoms with van der Waals surface area (Å²) in [6, 6.07) is 5.42. The van der Waals surface area contributed by atoms with E-state index in [0.717, 1.165) is 12.1 Å². The van der Waals surface area contributed by atoms with Gasteiger partial charge in [0.25, 0.3) is 5.56 Å². The average molecular weight is 564 g/mol. The molecule has 1 atom stereocenters. The van der Waals surface area contributed by atoms with Crippen LogP contribution in [-0.4, -0.2) is 34.0 Å². The molecule has 0 radical (unpaired) electrons. The van der Waals surface area contributed by atoms with E-state index in [4.69, 9.17) is 9.47 Å². The van der Waals surface area contributed by atoms with Gasteiger partial charge in [-0.05, 0) is 41.1 Å². The highest BCUT2D eigenvalue weighted by atomic mass is 79.9. The molecule has 0 spiro atoms. The predicted octanol–water partition coefficient (Wildman–Crippen LogP) is 3.82. The van der Waals surface area contributed by atoms with Crippen LogP contribution in [0.2, 0.25) is 0 Å². The molecule has 0 saturated heterocycles. The number of ether oxygens (including phenoxy) is 2. The van der Waals surface area contributed by atoms with Crippen molar-refractivity contribution in [3.8, 4) is 6.01 Å². The zero-order valence-corrected chi connectivity index (χ0v) is 19.5. The van der Waals surface area contributed by atoms with Crippen LogP contribution in [0.4, 0.5) is 22.0 Å². The van der Waals surface area contributed by atoms with Gasteiger partial charge in [0.1, 0.15) is 17.7 Å². The number of hydrogen-bond acceptors (Lipinski definition) is 7. The van der Waals surface area contributed by atoms with Gasteiger partial charge in [0, 0.05) is 23.4 Å². The van der Waals surface area contributed by atoms with Gasteiger partial charge in [-0.2, -0.15) is 18.2 Å². The van der Waals surface area contributed by atoms with E-state index in [2.05, 4.69) is 30.7 Å². The molecule has 2 aromatic heterocycles. The molecule has 1 aromatic carbocycles. The second-order valence-electron chi connectivity index (χ2n) is 6.93. The summed E-state index contributed by atoms with van der Waals surface area (Å²) in [6.45, 7) is 0.818. The lowest BCUT2D eigenvalue weighted by Crippen LogP contribution is -2.40. The first-order valence-electron chi connectivity index (χ1n) is 9.56. The molecule has 8 nitrogen and oxygen atoms in total. The maximum absolute atomic E-state index is 14.1.